The van der Waals surface area contributed by atoms with Gasteiger partial charge in [0.05, 0.1) is 30.0 Å². The summed E-state index contributed by atoms with van der Waals surface area (Å²) >= 11 is 0. The first-order valence-electron chi connectivity index (χ1n) is 19.6. The number of methoxy groups -OCH3 is 1. The number of halogens is 2. The van der Waals surface area contributed by atoms with Crippen LogP contribution >= 0.6 is 0 Å². The van der Waals surface area contributed by atoms with Gasteiger partial charge in [-0.3, -0.25) is 14.5 Å². The smallest absolute Gasteiger partial charge is 0.305 e. The Labute approximate surface area is 323 Å². The van der Waals surface area contributed by atoms with Crippen molar-refractivity contribution in [2.75, 3.05) is 78.5 Å². The molecule has 0 radical (unpaired) electrons. The summed E-state index contributed by atoms with van der Waals surface area (Å²) < 4.78 is 63.0. The van der Waals surface area contributed by atoms with Crippen molar-refractivity contribution in [1.82, 2.24) is 19.7 Å². The van der Waals surface area contributed by atoms with Gasteiger partial charge in [0.2, 0.25) is 9.84 Å². The number of ether oxygens (including phenoxy) is 1. The maximum atomic E-state index is 16.3. The van der Waals surface area contributed by atoms with Crippen molar-refractivity contribution in [2.24, 2.45) is 17.8 Å². The molecular weight excluding hydrogens is 725 g/mol. The third-order valence-electron chi connectivity index (χ3n) is 12.7. The molecule has 1 aliphatic carbocycles. The number of rotatable bonds is 13. The van der Waals surface area contributed by atoms with E-state index in [0.29, 0.717) is 13.0 Å². The van der Waals surface area contributed by atoms with Crippen LogP contribution in [0, 0.1) is 23.6 Å². The predicted octanol–water partition coefficient (Wildman–Crippen LogP) is 5.62. The van der Waals surface area contributed by atoms with Crippen molar-refractivity contribution < 1.29 is 31.5 Å². The zero-order chi connectivity index (χ0) is 39.0. The summed E-state index contributed by atoms with van der Waals surface area (Å²) in [4.78, 5) is 36.9. The number of aromatic nitrogens is 1. The molecule has 3 atom stereocenters. The van der Waals surface area contributed by atoms with Gasteiger partial charge < -0.3 is 19.4 Å². The maximum absolute atomic E-state index is 16.3. The minimum Gasteiger partial charge on any atom is -0.469 e. The summed E-state index contributed by atoms with van der Waals surface area (Å²) in [5, 5.41) is 0. The van der Waals surface area contributed by atoms with Gasteiger partial charge >= 0.3 is 5.97 Å². The Bertz CT molecular complexity index is 1950. The van der Waals surface area contributed by atoms with Crippen LogP contribution in [0.15, 0.2) is 76.7 Å². The van der Waals surface area contributed by atoms with Gasteiger partial charge in [0.25, 0.3) is 5.91 Å². The number of amides is 1. The number of likely N-dealkylation sites (tertiary alicyclic amines) is 2. The number of pyridine rings is 1. The first-order chi connectivity index (χ1) is 26.3. The molecule has 4 fully saturated rings. The van der Waals surface area contributed by atoms with Gasteiger partial charge in [-0.25, -0.2) is 22.2 Å². The largest absolute Gasteiger partial charge is 0.469 e. The van der Waals surface area contributed by atoms with Crippen molar-refractivity contribution in [2.45, 2.75) is 65.8 Å². The van der Waals surface area contributed by atoms with Gasteiger partial charge in [0.15, 0.2) is 5.67 Å². The average molecular weight is 778 g/mol. The van der Waals surface area contributed by atoms with Crippen molar-refractivity contribution >= 4 is 27.4 Å². The third kappa shape index (κ3) is 8.02. The van der Waals surface area contributed by atoms with Crippen molar-refractivity contribution in [1.29, 1.82) is 0 Å². The molecule has 13 heteroatoms. The van der Waals surface area contributed by atoms with Gasteiger partial charge in [-0.15, -0.1) is 0 Å². The highest BCUT2D eigenvalue weighted by Crippen LogP contribution is 2.54. The fourth-order valence-corrected chi connectivity index (χ4v) is 11.0. The molecule has 3 aliphatic heterocycles. The quantitative estimate of drug-likeness (QED) is 0.205. The molecule has 1 aromatic heterocycles. The topological polar surface area (TPSA) is 103 Å². The van der Waals surface area contributed by atoms with Crippen LogP contribution in [-0.2, 0) is 24.8 Å². The fourth-order valence-electron chi connectivity index (χ4n) is 9.83. The zero-order valence-corrected chi connectivity index (χ0v) is 32.9. The van der Waals surface area contributed by atoms with E-state index in [1.807, 2.05) is 11.0 Å². The highest BCUT2D eigenvalue weighted by Gasteiger charge is 2.53. The molecule has 10 nitrogen and oxygen atoms in total. The SMILES string of the molecule is COC(=O)C[C@H]1CCC[C@@H]1[C@](CN1CCC1)(c1cccc(F)c1)C1CCN(CC2(F)CN(c3ccc(S(=O)(=O)c4ccc(C(=O)N(C)C)nc4)cc3)C2)CC1. The zero-order valence-electron chi connectivity index (χ0n) is 32.1. The Morgan fingerprint density at radius 3 is 2.24 bits per heavy atom. The molecule has 0 bridgehead atoms. The standard InChI is InChI=1S/C42H53F2N5O5S/c1-46(2)40(51)38-16-15-36(25-45-38)55(52,53)35-13-11-34(12-14-35)49-27-41(44,28-49)26-48-21-17-31(18-22-48)42(29-47-19-6-20-47,32-8-5-9-33(43)24-32)37-10-4-7-30(37)23-39(50)54-3/h5,8-9,11-16,24-25,30-31,37H,4,6-7,10,17-23,26-29H2,1-3H3/t30-,37+,42+/m1/s1. The summed E-state index contributed by atoms with van der Waals surface area (Å²) in [5.41, 5.74) is 0.212. The molecule has 0 N–H and O–H groups in total. The second kappa shape index (κ2) is 15.9. The number of nitrogens with zero attached hydrogens (tertiary/aromatic N) is 5. The van der Waals surface area contributed by atoms with Crippen molar-refractivity contribution in [3.8, 4) is 0 Å². The lowest BCUT2D eigenvalue weighted by molar-refractivity contribution is -0.142. The molecular formula is C42H53F2N5O5S. The van der Waals surface area contributed by atoms with E-state index in [1.165, 1.54) is 48.5 Å². The lowest BCUT2D eigenvalue weighted by atomic mass is 9.56. The summed E-state index contributed by atoms with van der Waals surface area (Å²) in [6, 6.07) is 16.4. The molecule has 7 rings (SSSR count). The van der Waals surface area contributed by atoms with Crippen LogP contribution in [0.25, 0.3) is 0 Å². The monoisotopic (exact) mass is 777 g/mol. The van der Waals surface area contributed by atoms with Crippen molar-refractivity contribution in [3.63, 3.8) is 0 Å². The summed E-state index contributed by atoms with van der Waals surface area (Å²) in [7, 11) is 0.789. The van der Waals surface area contributed by atoms with E-state index in [1.54, 1.807) is 32.3 Å². The first-order valence-corrected chi connectivity index (χ1v) is 21.0. The minimum absolute atomic E-state index is 0.0102. The van der Waals surface area contributed by atoms with Gasteiger partial charge in [0, 0.05) is 50.9 Å². The van der Waals surface area contributed by atoms with Crippen LogP contribution in [0.3, 0.4) is 0 Å². The Hall–Kier alpha value is -3.94. The van der Waals surface area contributed by atoms with Crippen LogP contribution in [0.4, 0.5) is 14.5 Å². The fraction of sp³-hybridized carbons (Fsp3) is 0.548. The highest BCUT2D eigenvalue weighted by atomic mass is 32.2. The molecule has 0 unspecified atom stereocenters. The maximum Gasteiger partial charge on any atom is 0.305 e. The van der Waals surface area contributed by atoms with Gasteiger partial charge in [-0.1, -0.05) is 18.6 Å². The summed E-state index contributed by atoms with van der Waals surface area (Å²) in [6.07, 6.45) is 7.44. The van der Waals surface area contributed by atoms with E-state index in [4.69, 9.17) is 4.74 Å². The second-order valence-electron chi connectivity index (χ2n) is 16.4. The number of esters is 1. The van der Waals surface area contributed by atoms with E-state index >= 15 is 8.78 Å². The number of carbonyl (C=O) groups excluding carboxylic acids is 2. The third-order valence-corrected chi connectivity index (χ3v) is 14.5. The number of alkyl halides is 1. The van der Waals surface area contributed by atoms with E-state index in [9.17, 15) is 18.0 Å². The molecule has 4 aliphatic rings. The van der Waals surface area contributed by atoms with E-state index in [0.717, 1.165) is 82.5 Å². The van der Waals surface area contributed by atoms with E-state index in [-0.39, 0.29) is 69.4 Å². The van der Waals surface area contributed by atoms with Crippen LogP contribution in [0.1, 0.15) is 61.0 Å². The number of sulfone groups is 1. The molecule has 296 valence electrons. The Morgan fingerprint density at radius 2 is 1.64 bits per heavy atom. The minimum atomic E-state index is -3.86. The van der Waals surface area contributed by atoms with Crippen LogP contribution in [0.5, 0.6) is 0 Å². The first kappa shape index (κ1) is 39.3. The molecule has 2 aromatic carbocycles. The number of piperidine rings is 1. The highest BCUT2D eigenvalue weighted by molar-refractivity contribution is 7.91. The molecule has 1 amide bonds. The van der Waals surface area contributed by atoms with Gasteiger partial charge in [-0.05, 0) is 130 Å². The molecule has 3 aromatic rings. The van der Waals surface area contributed by atoms with Crippen molar-refractivity contribution in [3.05, 3.63) is 83.9 Å². The number of carbonyl (C=O) groups is 2. The molecule has 1 saturated carbocycles. The molecule has 55 heavy (non-hydrogen) atoms. The van der Waals surface area contributed by atoms with Crippen LogP contribution in [0.2, 0.25) is 0 Å². The number of hydrogen-bond donors (Lipinski definition) is 0. The average Bonchev–Trinajstić information content (AvgIpc) is 3.62. The summed E-state index contributed by atoms with van der Waals surface area (Å²) in [5.74, 6) is -0.100. The summed E-state index contributed by atoms with van der Waals surface area (Å²) in [6.45, 7) is 5.11. The second-order valence-corrected chi connectivity index (χ2v) is 18.3. The molecule has 4 heterocycles. The molecule has 0 spiro atoms. The lowest BCUT2D eigenvalue weighted by Gasteiger charge is -2.54. The van der Waals surface area contributed by atoms with Crippen LogP contribution < -0.4 is 4.90 Å². The molecule has 3 saturated heterocycles. The van der Waals surface area contributed by atoms with Gasteiger partial charge in [0.1, 0.15) is 11.5 Å². The van der Waals surface area contributed by atoms with E-state index < -0.39 is 15.5 Å². The number of benzene rings is 2. The lowest BCUT2D eigenvalue weighted by Crippen LogP contribution is -2.64. The van der Waals surface area contributed by atoms with E-state index in [2.05, 4.69) is 20.9 Å². The Morgan fingerprint density at radius 1 is 0.927 bits per heavy atom. The number of hydrogen-bond acceptors (Lipinski definition) is 9. The van der Waals surface area contributed by atoms with Crippen LogP contribution in [-0.4, -0.2) is 119 Å². The predicted molar refractivity (Wildman–Crippen MR) is 206 cm³/mol. The Kier molecular flexibility index (Phi) is 11.4. The normalized spacial score (nSPS) is 23.0. The Balaban J connectivity index is 1.01. The number of anilines is 1. The van der Waals surface area contributed by atoms with Gasteiger partial charge in [-0.2, -0.15) is 0 Å².